The second kappa shape index (κ2) is 5.49. The molecule has 0 saturated heterocycles. The molecule has 0 unspecified atom stereocenters. The molecule has 0 amide bonds. The lowest BCUT2D eigenvalue weighted by Gasteiger charge is -2.04. The summed E-state index contributed by atoms with van der Waals surface area (Å²) in [5.74, 6) is 0.193. The second-order valence-electron chi connectivity index (χ2n) is 4.43. The summed E-state index contributed by atoms with van der Waals surface area (Å²) in [7, 11) is 0. The molecule has 8 heteroatoms. The molecule has 0 atom stereocenters. The van der Waals surface area contributed by atoms with E-state index in [0.29, 0.717) is 10.3 Å². The molecule has 3 aromatic rings. The molecule has 106 valence electrons. The third-order valence-electron chi connectivity index (χ3n) is 2.68. The zero-order chi connectivity index (χ0) is 14.8. The van der Waals surface area contributed by atoms with Crippen LogP contribution in [0.4, 0.5) is 0 Å². The second-order valence-corrected chi connectivity index (χ2v) is 5.36. The van der Waals surface area contributed by atoms with Crippen LogP contribution in [0.1, 0.15) is 11.4 Å². The van der Waals surface area contributed by atoms with Gasteiger partial charge in [0, 0.05) is 11.4 Å². The van der Waals surface area contributed by atoms with Crippen molar-refractivity contribution in [2.24, 2.45) is 0 Å². The van der Waals surface area contributed by atoms with Crippen LogP contribution in [0.3, 0.4) is 0 Å². The Morgan fingerprint density at radius 3 is 2.38 bits per heavy atom. The molecule has 7 nitrogen and oxygen atoms in total. The molecule has 0 radical (unpaired) electrons. The normalized spacial score (nSPS) is 10.8. The van der Waals surface area contributed by atoms with Crippen LogP contribution in [0, 0.1) is 13.8 Å². The highest BCUT2D eigenvalue weighted by Crippen LogP contribution is 2.25. The average molecular weight is 300 g/mol. The molecule has 2 aromatic heterocycles. The summed E-state index contributed by atoms with van der Waals surface area (Å²) in [6, 6.07) is 8.54. The molecular weight excluding hydrogens is 288 g/mol. The lowest BCUT2D eigenvalue weighted by molar-refractivity contribution is 0.475. The number of aromatic nitrogens is 6. The van der Waals surface area contributed by atoms with Crippen LogP contribution >= 0.6 is 11.8 Å². The molecule has 0 aliphatic carbocycles. The van der Waals surface area contributed by atoms with E-state index in [2.05, 4.69) is 25.5 Å². The number of aryl methyl sites for hydroxylation is 2. The highest BCUT2D eigenvalue weighted by molar-refractivity contribution is 7.99. The van der Waals surface area contributed by atoms with Gasteiger partial charge in [-0.05, 0) is 66.4 Å². The summed E-state index contributed by atoms with van der Waals surface area (Å²) in [5.41, 5.74) is 2.55. The summed E-state index contributed by atoms with van der Waals surface area (Å²) in [6.45, 7) is 3.84. The van der Waals surface area contributed by atoms with Gasteiger partial charge in [-0.2, -0.15) is 4.68 Å². The van der Waals surface area contributed by atoms with E-state index in [1.165, 1.54) is 11.8 Å². The van der Waals surface area contributed by atoms with Crippen molar-refractivity contribution >= 4 is 11.8 Å². The van der Waals surface area contributed by atoms with Crippen LogP contribution in [-0.4, -0.2) is 35.3 Å². The highest BCUT2D eigenvalue weighted by atomic mass is 32.2. The SMILES string of the molecule is Cc1cc(C)nc(Sc2nnnn2-c2ccc(O)cc2)n1. The van der Waals surface area contributed by atoms with Gasteiger partial charge in [-0.25, -0.2) is 9.97 Å². The number of phenols is 1. The van der Waals surface area contributed by atoms with E-state index in [1.54, 1.807) is 28.9 Å². The maximum Gasteiger partial charge on any atom is 0.221 e. The number of nitrogens with zero attached hydrogens (tertiary/aromatic N) is 6. The fraction of sp³-hybridized carbons (Fsp3) is 0.154. The summed E-state index contributed by atoms with van der Waals surface area (Å²) in [5, 5.41) is 22.1. The van der Waals surface area contributed by atoms with Crippen LogP contribution < -0.4 is 0 Å². The van der Waals surface area contributed by atoms with Gasteiger partial charge in [0.05, 0.1) is 5.69 Å². The Morgan fingerprint density at radius 1 is 1.05 bits per heavy atom. The summed E-state index contributed by atoms with van der Waals surface area (Å²) in [4.78, 5) is 8.72. The molecule has 1 N–H and O–H groups in total. The van der Waals surface area contributed by atoms with Crippen molar-refractivity contribution in [1.82, 2.24) is 30.2 Å². The number of tetrazole rings is 1. The van der Waals surface area contributed by atoms with Gasteiger partial charge in [0.2, 0.25) is 5.16 Å². The third-order valence-corrected chi connectivity index (χ3v) is 3.48. The van der Waals surface area contributed by atoms with Crippen molar-refractivity contribution in [2.45, 2.75) is 24.2 Å². The molecule has 1 aromatic carbocycles. The van der Waals surface area contributed by atoms with Crippen molar-refractivity contribution in [3.63, 3.8) is 0 Å². The van der Waals surface area contributed by atoms with Crippen molar-refractivity contribution in [2.75, 3.05) is 0 Å². The van der Waals surface area contributed by atoms with Gasteiger partial charge in [0.15, 0.2) is 5.16 Å². The van der Waals surface area contributed by atoms with E-state index in [-0.39, 0.29) is 5.75 Å². The molecule has 21 heavy (non-hydrogen) atoms. The van der Waals surface area contributed by atoms with E-state index in [1.807, 2.05) is 19.9 Å². The monoisotopic (exact) mass is 300 g/mol. The van der Waals surface area contributed by atoms with Gasteiger partial charge in [-0.15, -0.1) is 5.10 Å². The van der Waals surface area contributed by atoms with Gasteiger partial charge >= 0.3 is 0 Å². The highest BCUT2D eigenvalue weighted by Gasteiger charge is 2.12. The fourth-order valence-electron chi connectivity index (χ4n) is 1.82. The number of phenolic OH excluding ortho intramolecular Hbond substituents is 1. The molecule has 3 rings (SSSR count). The quantitative estimate of drug-likeness (QED) is 0.739. The molecule has 0 fully saturated rings. The molecule has 0 aliphatic heterocycles. The predicted octanol–water partition coefficient (Wildman–Crippen LogP) is 1.93. The Balaban J connectivity index is 1.94. The predicted molar refractivity (Wildman–Crippen MR) is 76.4 cm³/mol. The summed E-state index contributed by atoms with van der Waals surface area (Å²) < 4.78 is 1.57. The first-order chi connectivity index (χ1) is 10.1. The minimum atomic E-state index is 0.193. The first-order valence-corrected chi connectivity index (χ1v) is 7.01. The number of hydrogen-bond donors (Lipinski definition) is 1. The minimum Gasteiger partial charge on any atom is -0.508 e. The smallest absolute Gasteiger partial charge is 0.221 e. The Morgan fingerprint density at radius 2 is 1.71 bits per heavy atom. The average Bonchev–Trinajstić information content (AvgIpc) is 2.86. The van der Waals surface area contributed by atoms with Crippen LogP contribution in [0.25, 0.3) is 5.69 Å². The van der Waals surface area contributed by atoms with Crippen LogP contribution in [0.15, 0.2) is 40.6 Å². The summed E-state index contributed by atoms with van der Waals surface area (Å²) in [6.07, 6.45) is 0. The molecule has 2 heterocycles. The molecule has 0 bridgehead atoms. The lowest BCUT2D eigenvalue weighted by atomic mass is 10.3. The van der Waals surface area contributed by atoms with Crippen LogP contribution in [0.2, 0.25) is 0 Å². The van der Waals surface area contributed by atoms with Crippen molar-refractivity contribution in [1.29, 1.82) is 0 Å². The van der Waals surface area contributed by atoms with E-state index < -0.39 is 0 Å². The van der Waals surface area contributed by atoms with Gasteiger partial charge in [-0.3, -0.25) is 0 Å². The lowest BCUT2D eigenvalue weighted by Crippen LogP contribution is -2.00. The van der Waals surface area contributed by atoms with Gasteiger partial charge in [-0.1, -0.05) is 0 Å². The Kier molecular flexibility index (Phi) is 3.53. The fourth-order valence-corrected chi connectivity index (χ4v) is 2.67. The first-order valence-electron chi connectivity index (χ1n) is 6.20. The maximum absolute atomic E-state index is 9.33. The van der Waals surface area contributed by atoms with E-state index in [0.717, 1.165) is 17.1 Å². The van der Waals surface area contributed by atoms with Crippen molar-refractivity contribution < 1.29 is 5.11 Å². The number of aromatic hydroxyl groups is 1. The molecule has 0 spiro atoms. The van der Waals surface area contributed by atoms with E-state index in [4.69, 9.17) is 0 Å². The van der Waals surface area contributed by atoms with Gasteiger partial charge in [0.25, 0.3) is 0 Å². The Hall–Kier alpha value is -2.48. The van der Waals surface area contributed by atoms with Crippen LogP contribution in [-0.2, 0) is 0 Å². The number of benzene rings is 1. The van der Waals surface area contributed by atoms with Crippen molar-refractivity contribution in [3.05, 3.63) is 41.7 Å². The molecular formula is C13H12N6OS. The third kappa shape index (κ3) is 3.00. The van der Waals surface area contributed by atoms with Crippen molar-refractivity contribution in [3.8, 4) is 11.4 Å². The van der Waals surface area contributed by atoms with Gasteiger partial charge < -0.3 is 5.11 Å². The van der Waals surface area contributed by atoms with E-state index >= 15 is 0 Å². The maximum atomic E-state index is 9.33. The largest absolute Gasteiger partial charge is 0.508 e. The molecule has 0 saturated carbocycles. The first kappa shape index (κ1) is 13.5. The van der Waals surface area contributed by atoms with Crippen LogP contribution in [0.5, 0.6) is 5.75 Å². The zero-order valence-corrected chi connectivity index (χ0v) is 12.2. The number of rotatable bonds is 3. The van der Waals surface area contributed by atoms with E-state index in [9.17, 15) is 5.11 Å². The zero-order valence-electron chi connectivity index (χ0n) is 11.4. The summed E-state index contributed by atoms with van der Waals surface area (Å²) >= 11 is 1.29. The molecule has 0 aliphatic rings. The minimum absolute atomic E-state index is 0.193. The topological polar surface area (TPSA) is 89.6 Å². The Bertz CT molecular complexity index is 750. The number of hydrogen-bond acceptors (Lipinski definition) is 7. The Labute approximate surface area is 125 Å². The van der Waals surface area contributed by atoms with Gasteiger partial charge in [0.1, 0.15) is 5.75 Å². The standard InChI is InChI=1S/C13H12N6OS/c1-8-7-9(2)15-12(14-8)21-13-16-17-18-19(13)10-3-5-11(20)6-4-10/h3-7,20H,1-2H3.